The van der Waals surface area contributed by atoms with Crippen LogP contribution in [0.1, 0.15) is 54.5 Å². The third kappa shape index (κ3) is 4.85. The average molecular weight is 443 g/mol. The van der Waals surface area contributed by atoms with Gasteiger partial charge in [0, 0.05) is 32.6 Å². The van der Waals surface area contributed by atoms with Gasteiger partial charge >= 0.3 is 0 Å². The van der Waals surface area contributed by atoms with Crippen LogP contribution in [-0.2, 0) is 24.7 Å². The van der Waals surface area contributed by atoms with E-state index in [0.29, 0.717) is 19.4 Å². The number of benzene rings is 2. The Bertz CT molecular complexity index is 880. The third-order valence-corrected chi connectivity index (χ3v) is 6.44. The van der Waals surface area contributed by atoms with E-state index < -0.39 is 11.9 Å². The number of aryl methyl sites for hydroxylation is 1. The second-order valence-corrected chi connectivity index (χ2v) is 8.84. The molecule has 2 aliphatic heterocycles. The largest absolute Gasteiger partial charge is 0.488 e. The highest BCUT2D eigenvalue weighted by atomic mass is 16.7. The van der Waals surface area contributed by atoms with Crippen LogP contribution in [0.5, 0.6) is 5.75 Å². The van der Waals surface area contributed by atoms with Crippen molar-refractivity contribution in [2.75, 3.05) is 27.4 Å². The van der Waals surface area contributed by atoms with Gasteiger partial charge in [0.2, 0.25) is 0 Å². The Labute approximate surface area is 190 Å². The number of ether oxygens (including phenoxy) is 5. The molecule has 0 aromatic heterocycles. The zero-order valence-corrected chi connectivity index (χ0v) is 19.4. The summed E-state index contributed by atoms with van der Waals surface area (Å²) >= 11 is 0. The lowest BCUT2D eigenvalue weighted by Gasteiger charge is -2.41. The summed E-state index contributed by atoms with van der Waals surface area (Å²) in [5.41, 5.74) is 4.07. The summed E-state index contributed by atoms with van der Waals surface area (Å²) in [6.45, 7) is 5.43. The van der Waals surface area contributed by atoms with Gasteiger partial charge in [-0.05, 0) is 55.2 Å². The van der Waals surface area contributed by atoms with Gasteiger partial charge in [-0.3, -0.25) is 0 Å². The molecule has 5 unspecified atom stereocenters. The summed E-state index contributed by atoms with van der Waals surface area (Å²) in [4.78, 5) is 0. The molecular formula is C26H34O6. The van der Waals surface area contributed by atoms with Crippen LogP contribution in [-0.4, -0.2) is 50.9 Å². The van der Waals surface area contributed by atoms with Crippen molar-refractivity contribution in [1.29, 1.82) is 0 Å². The van der Waals surface area contributed by atoms with Gasteiger partial charge in [0.05, 0.1) is 25.4 Å². The van der Waals surface area contributed by atoms with Gasteiger partial charge in [0.15, 0.2) is 5.79 Å². The molecule has 0 saturated carbocycles. The Morgan fingerprint density at radius 2 is 1.91 bits per heavy atom. The Morgan fingerprint density at radius 1 is 1.12 bits per heavy atom. The zero-order valence-electron chi connectivity index (χ0n) is 19.4. The standard InChI is InChI=1S/C26H34O6/c1-17-5-8-20(26(29-4)15-21(27)13-18(2)32-26)14-24(17)25(28-3)19-6-9-22(10-7-19)31-23-11-12-30-16-23/h5-10,14,18,21,23,25,27H,11-13,15-16H2,1-4H3. The molecule has 0 aliphatic carbocycles. The highest BCUT2D eigenvalue weighted by molar-refractivity contribution is 5.41. The lowest BCUT2D eigenvalue weighted by atomic mass is 9.88. The van der Waals surface area contributed by atoms with E-state index in [4.69, 9.17) is 23.7 Å². The molecule has 2 aromatic carbocycles. The van der Waals surface area contributed by atoms with Gasteiger partial charge in [-0.1, -0.05) is 24.3 Å². The molecule has 0 amide bonds. The Balaban J connectivity index is 1.61. The molecule has 0 radical (unpaired) electrons. The maximum Gasteiger partial charge on any atom is 0.197 e. The zero-order chi connectivity index (χ0) is 22.7. The van der Waals surface area contributed by atoms with Crippen LogP contribution in [0.15, 0.2) is 42.5 Å². The molecule has 6 nitrogen and oxygen atoms in total. The van der Waals surface area contributed by atoms with Crippen molar-refractivity contribution in [3.05, 3.63) is 64.7 Å². The summed E-state index contributed by atoms with van der Waals surface area (Å²) in [5, 5.41) is 10.4. The summed E-state index contributed by atoms with van der Waals surface area (Å²) < 4.78 is 29.4. The SMILES string of the molecule is COC(c1ccc(OC2CCOC2)cc1)c1cc(C2(OC)CC(O)CC(C)O2)ccc1C. The van der Waals surface area contributed by atoms with Gasteiger partial charge in [0.1, 0.15) is 18.0 Å². The van der Waals surface area contributed by atoms with Crippen molar-refractivity contribution in [3.8, 4) is 5.75 Å². The molecule has 5 atom stereocenters. The van der Waals surface area contributed by atoms with Crippen LogP contribution < -0.4 is 4.74 Å². The van der Waals surface area contributed by atoms with Crippen LogP contribution >= 0.6 is 0 Å². The van der Waals surface area contributed by atoms with E-state index in [1.54, 1.807) is 14.2 Å². The number of methoxy groups -OCH3 is 2. The lowest BCUT2D eigenvalue weighted by molar-refractivity contribution is -0.291. The van der Waals surface area contributed by atoms with Gasteiger partial charge in [-0.25, -0.2) is 0 Å². The van der Waals surface area contributed by atoms with Gasteiger partial charge in [-0.15, -0.1) is 0 Å². The molecule has 2 aliphatic rings. The Morgan fingerprint density at radius 3 is 2.53 bits per heavy atom. The van der Waals surface area contributed by atoms with Crippen LogP contribution in [0.3, 0.4) is 0 Å². The number of aliphatic hydroxyl groups excluding tert-OH is 1. The summed E-state index contributed by atoms with van der Waals surface area (Å²) in [7, 11) is 3.35. The van der Waals surface area contributed by atoms with Gasteiger partial charge < -0.3 is 28.8 Å². The van der Waals surface area contributed by atoms with E-state index in [-0.39, 0.29) is 18.3 Å². The monoisotopic (exact) mass is 442 g/mol. The first-order valence-electron chi connectivity index (χ1n) is 11.3. The molecule has 1 N–H and O–H groups in total. The molecule has 2 saturated heterocycles. The number of rotatable bonds is 7. The Hall–Kier alpha value is -1.96. The predicted molar refractivity (Wildman–Crippen MR) is 121 cm³/mol. The van der Waals surface area contributed by atoms with E-state index in [2.05, 4.69) is 19.1 Å². The van der Waals surface area contributed by atoms with Crippen LogP contribution in [0, 0.1) is 6.92 Å². The molecule has 0 spiro atoms. The second kappa shape index (κ2) is 9.89. The molecule has 32 heavy (non-hydrogen) atoms. The van der Waals surface area contributed by atoms with Crippen molar-refractivity contribution in [2.24, 2.45) is 0 Å². The molecule has 0 bridgehead atoms. The predicted octanol–water partition coefficient (Wildman–Crippen LogP) is 4.26. The number of aliphatic hydroxyl groups is 1. The normalized spacial score (nSPS) is 29.1. The van der Waals surface area contributed by atoms with E-state index >= 15 is 0 Å². The maximum absolute atomic E-state index is 10.4. The number of hydrogen-bond donors (Lipinski definition) is 1. The molecule has 4 rings (SSSR count). The molecule has 2 heterocycles. The minimum Gasteiger partial charge on any atom is -0.488 e. The lowest BCUT2D eigenvalue weighted by Crippen LogP contribution is -2.44. The molecule has 2 fully saturated rings. The first kappa shape index (κ1) is 23.2. The van der Waals surface area contributed by atoms with Crippen molar-refractivity contribution in [3.63, 3.8) is 0 Å². The summed E-state index contributed by atoms with van der Waals surface area (Å²) in [6, 6.07) is 14.2. The number of hydrogen-bond acceptors (Lipinski definition) is 6. The highest BCUT2D eigenvalue weighted by Crippen LogP contribution is 2.40. The van der Waals surface area contributed by atoms with Crippen molar-refractivity contribution >= 4 is 0 Å². The van der Waals surface area contributed by atoms with Crippen molar-refractivity contribution < 1.29 is 28.8 Å². The van der Waals surface area contributed by atoms with Crippen LogP contribution in [0.2, 0.25) is 0 Å². The molecule has 174 valence electrons. The van der Waals surface area contributed by atoms with Gasteiger partial charge in [0.25, 0.3) is 0 Å². The first-order chi connectivity index (χ1) is 15.4. The van der Waals surface area contributed by atoms with Crippen molar-refractivity contribution in [1.82, 2.24) is 0 Å². The van der Waals surface area contributed by atoms with E-state index in [0.717, 1.165) is 41.0 Å². The average Bonchev–Trinajstić information content (AvgIpc) is 3.29. The fourth-order valence-corrected chi connectivity index (χ4v) is 4.76. The fraction of sp³-hybridized carbons (Fsp3) is 0.538. The van der Waals surface area contributed by atoms with Crippen LogP contribution in [0.4, 0.5) is 0 Å². The molecular weight excluding hydrogens is 408 g/mol. The first-order valence-corrected chi connectivity index (χ1v) is 11.3. The highest BCUT2D eigenvalue weighted by Gasteiger charge is 2.42. The summed E-state index contributed by atoms with van der Waals surface area (Å²) in [6.07, 6.45) is 1.22. The fourth-order valence-electron chi connectivity index (χ4n) is 4.76. The quantitative estimate of drug-likeness (QED) is 0.691. The van der Waals surface area contributed by atoms with E-state index in [1.165, 1.54) is 0 Å². The molecule has 2 aromatic rings. The Kier molecular flexibility index (Phi) is 7.17. The molecule has 6 heteroatoms. The van der Waals surface area contributed by atoms with E-state index in [9.17, 15) is 5.11 Å². The minimum atomic E-state index is -0.973. The summed E-state index contributed by atoms with van der Waals surface area (Å²) in [5.74, 6) is -0.139. The van der Waals surface area contributed by atoms with Gasteiger partial charge in [-0.2, -0.15) is 0 Å². The second-order valence-electron chi connectivity index (χ2n) is 8.84. The third-order valence-electron chi connectivity index (χ3n) is 6.44. The van der Waals surface area contributed by atoms with Crippen LogP contribution in [0.25, 0.3) is 0 Å². The maximum atomic E-state index is 10.4. The minimum absolute atomic E-state index is 0.0977. The van der Waals surface area contributed by atoms with E-state index in [1.807, 2.05) is 37.3 Å². The topological polar surface area (TPSA) is 66.4 Å². The van der Waals surface area contributed by atoms with Crippen molar-refractivity contribution in [2.45, 2.75) is 63.3 Å². The smallest absolute Gasteiger partial charge is 0.197 e.